The predicted octanol–water partition coefficient (Wildman–Crippen LogP) is 1.06. The van der Waals surface area contributed by atoms with Gasteiger partial charge in [-0.2, -0.15) is 9.97 Å². The molecule has 1 aromatic heterocycles. The van der Waals surface area contributed by atoms with E-state index in [0.717, 1.165) is 13.0 Å². The molecule has 1 heterocycles. The van der Waals surface area contributed by atoms with Gasteiger partial charge in [0.1, 0.15) is 11.6 Å². The Balaban J connectivity index is 2.64. The van der Waals surface area contributed by atoms with Crippen molar-refractivity contribution in [2.45, 2.75) is 25.5 Å². The molecule has 1 aromatic rings. The van der Waals surface area contributed by atoms with Crippen molar-refractivity contribution in [3.8, 4) is 0 Å². The molecule has 102 valence electrons. The fourth-order valence-electron chi connectivity index (χ4n) is 1.27. The second kappa shape index (κ2) is 7.15. The van der Waals surface area contributed by atoms with E-state index in [9.17, 15) is 4.21 Å². The highest BCUT2D eigenvalue weighted by molar-refractivity contribution is 7.84. The van der Waals surface area contributed by atoms with Gasteiger partial charge < -0.3 is 16.4 Å². The van der Waals surface area contributed by atoms with Gasteiger partial charge >= 0.3 is 0 Å². The first-order valence-corrected chi connectivity index (χ1v) is 7.59. The molecule has 0 aromatic carbocycles. The zero-order valence-corrected chi connectivity index (χ0v) is 11.9. The minimum absolute atomic E-state index is 0.0632. The Morgan fingerprint density at radius 2 is 2.00 bits per heavy atom. The van der Waals surface area contributed by atoms with Crippen molar-refractivity contribution in [1.29, 1.82) is 0 Å². The van der Waals surface area contributed by atoms with Crippen LogP contribution in [0, 0.1) is 0 Å². The van der Waals surface area contributed by atoms with Crippen molar-refractivity contribution in [3.05, 3.63) is 6.07 Å². The average Bonchev–Trinajstić information content (AvgIpc) is 2.32. The van der Waals surface area contributed by atoms with Crippen LogP contribution in [0.15, 0.2) is 6.07 Å². The van der Waals surface area contributed by atoms with E-state index in [2.05, 4.69) is 27.5 Å². The van der Waals surface area contributed by atoms with Crippen LogP contribution < -0.4 is 16.4 Å². The lowest BCUT2D eigenvalue weighted by Crippen LogP contribution is -2.21. The third kappa shape index (κ3) is 4.87. The van der Waals surface area contributed by atoms with Gasteiger partial charge in [-0.25, -0.2) is 0 Å². The summed E-state index contributed by atoms with van der Waals surface area (Å²) in [5.74, 6) is 1.58. The second-order valence-corrected chi connectivity index (χ2v) is 5.92. The van der Waals surface area contributed by atoms with Crippen LogP contribution in [-0.2, 0) is 10.8 Å². The Bertz CT molecular complexity index is 412. The number of anilines is 3. The zero-order chi connectivity index (χ0) is 13.5. The van der Waals surface area contributed by atoms with Crippen LogP contribution in [0.4, 0.5) is 17.6 Å². The first-order chi connectivity index (χ1) is 8.52. The molecular formula is C11H21N5OS. The summed E-state index contributed by atoms with van der Waals surface area (Å²) in [4.78, 5) is 8.18. The molecule has 0 saturated heterocycles. The molecule has 2 unspecified atom stereocenters. The molecule has 0 spiro atoms. The maximum atomic E-state index is 11.2. The standard InChI is InChI=1S/C11H21N5OS/c1-4-5-13-9-6-10(16-11(12)15-9)14-7-8(2)18(3)17/h6,8H,4-5,7H2,1-3H3,(H4,12,13,14,15,16). The van der Waals surface area contributed by atoms with E-state index in [1.54, 1.807) is 12.3 Å². The molecule has 0 fully saturated rings. The zero-order valence-electron chi connectivity index (χ0n) is 11.1. The van der Waals surface area contributed by atoms with Gasteiger partial charge in [0.2, 0.25) is 5.95 Å². The quantitative estimate of drug-likeness (QED) is 0.686. The number of rotatable bonds is 7. The summed E-state index contributed by atoms with van der Waals surface area (Å²) in [6, 6.07) is 1.80. The molecule has 0 aliphatic rings. The van der Waals surface area contributed by atoms with Gasteiger partial charge in [0, 0.05) is 41.5 Å². The van der Waals surface area contributed by atoms with Crippen molar-refractivity contribution >= 4 is 28.4 Å². The Morgan fingerprint density at radius 1 is 1.39 bits per heavy atom. The molecule has 18 heavy (non-hydrogen) atoms. The van der Waals surface area contributed by atoms with Crippen molar-refractivity contribution < 1.29 is 4.21 Å². The number of nitrogens with two attached hydrogens (primary N) is 1. The third-order valence-corrected chi connectivity index (χ3v) is 3.74. The first kappa shape index (κ1) is 14.7. The SMILES string of the molecule is CCCNc1cc(NCC(C)S(C)=O)nc(N)n1. The van der Waals surface area contributed by atoms with Crippen molar-refractivity contribution in [1.82, 2.24) is 9.97 Å². The fourth-order valence-corrected chi connectivity index (χ4v) is 1.58. The summed E-state index contributed by atoms with van der Waals surface area (Å²) in [6.45, 7) is 5.43. The lowest BCUT2D eigenvalue weighted by molar-refractivity contribution is 0.679. The van der Waals surface area contributed by atoms with Crippen LogP contribution in [-0.4, -0.2) is 38.8 Å². The van der Waals surface area contributed by atoms with Gasteiger partial charge in [0.15, 0.2) is 0 Å². The topological polar surface area (TPSA) is 92.9 Å². The van der Waals surface area contributed by atoms with E-state index in [0.29, 0.717) is 18.2 Å². The fraction of sp³-hybridized carbons (Fsp3) is 0.636. The number of hydrogen-bond acceptors (Lipinski definition) is 6. The highest BCUT2D eigenvalue weighted by Gasteiger charge is 2.07. The van der Waals surface area contributed by atoms with E-state index < -0.39 is 10.8 Å². The van der Waals surface area contributed by atoms with Crippen molar-refractivity contribution in [2.24, 2.45) is 0 Å². The molecule has 0 aliphatic heterocycles. The molecule has 1 rings (SSSR count). The average molecular weight is 271 g/mol. The Kier molecular flexibility index (Phi) is 5.84. The summed E-state index contributed by atoms with van der Waals surface area (Å²) in [7, 11) is -0.852. The van der Waals surface area contributed by atoms with E-state index in [1.807, 2.05) is 6.92 Å². The lowest BCUT2D eigenvalue weighted by atomic mass is 10.4. The number of nitrogen functional groups attached to an aromatic ring is 1. The van der Waals surface area contributed by atoms with Gasteiger partial charge in [-0.3, -0.25) is 4.21 Å². The van der Waals surface area contributed by atoms with Crippen LogP contribution in [0.2, 0.25) is 0 Å². The highest BCUT2D eigenvalue weighted by atomic mass is 32.2. The maximum Gasteiger partial charge on any atom is 0.223 e. The number of hydrogen-bond donors (Lipinski definition) is 3. The molecule has 0 bridgehead atoms. The molecule has 0 radical (unpaired) electrons. The molecule has 0 amide bonds. The largest absolute Gasteiger partial charge is 0.370 e. The molecular weight excluding hydrogens is 250 g/mol. The summed E-state index contributed by atoms with van der Waals surface area (Å²) >= 11 is 0. The first-order valence-electron chi connectivity index (χ1n) is 5.97. The predicted molar refractivity (Wildman–Crippen MR) is 77.2 cm³/mol. The molecule has 0 saturated carbocycles. The van der Waals surface area contributed by atoms with E-state index >= 15 is 0 Å². The summed E-state index contributed by atoms with van der Waals surface area (Å²) in [6.07, 6.45) is 2.70. The summed E-state index contributed by atoms with van der Waals surface area (Å²) in [5, 5.41) is 6.34. The second-order valence-electron chi connectivity index (χ2n) is 4.11. The number of nitrogens with zero attached hydrogens (tertiary/aromatic N) is 2. The number of nitrogens with one attached hydrogen (secondary N) is 2. The number of aromatic nitrogens is 2. The van der Waals surface area contributed by atoms with Crippen molar-refractivity contribution in [3.63, 3.8) is 0 Å². The van der Waals surface area contributed by atoms with E-state index in [1.165, 1.54) is 0 Å². The summed E-state index contributed by atoms with van der Waals surface area (Å²) in [5.41, 5.74) is 5.64. The van der Waals surface area contributed by atoms with Crippen LogP contribution in [0.5, 0.6) is 0 Å². The van der Waals surface area contributed by atoms with Gasteiger partial charge in [-0.05, 0) is 13.3 Å². The molecule has 4 N–H and O–H groups in total. The van der Waals surface area contributed by atoms with Crippen LogP contribution in [0.3, 0.4) is 0 Å². The molecule has 0 aliphatic carbocycles. The van der Waals surface area contributed by atoms with E-state index in [4.69, 9.17) is 5.73 Å². The minimum atomic E-state index is -0.852. The minimum Gasteiger partial charge on any atom is -0.370 e. The molecule has 6 nitrogen and oxygen atoms in total. The van der Waals surface area contributed by atoms with Gasteiger partial charge in [0.05, 0.1) is 0 Å². The van der Waals surface area contributed by atoms with Gasteiger partial charge in [-0.15, -0.1) is 0 Å². The van der Waals surface area contributed by atoms with Crippen LogP contribution >= 0.6 is 0 Å². The highest BCUT2D eigenvalue weighted by Crippen LogP contribution is 2.12. The van der Waals surface area contributed by atoms with Crippen molar-refractivity contribution in [2.75, 3.05) is 35.7 Å². The van der Waals surface area contributed by atoms with E-state index in [-0.39, 0.29) is 11.2 Å². The van der Waals surface area contributed by atoms with Gasteiger partial charge in [-0.1, -0.05) is 6.92 Å². The Morgan fingerprint density at radius 3 is 2.56 bits per heavy atom. The monoisotopic (exact) mass is 271 g/mol. The smallest absolute Gasteiger partial charge is 0.223 e. The normalized spacial score (nSPS) is 13.9. The Labute approximate surface area is 110 Å². The molecule has 2 atom stereocenters. The Hall–Kier alpha value is -1.37. The van der Waals surface area contributed by atoms with Crippen LogP contribution in [0.1, 0.15) is 20.3 Å². The lowest BCUT2D eigenvalue weighted by Gasteiger charge is -2.12. The molecule has 7 heteroatoms. The maximum absolute atomic E-state index is 11.2. The third-order valence-electron chi connectivity index (χ3n) is 2.44. The summed E-state index contributed by atoms with van der Waals surface area (Å²) < 4.78 is 11.2. The van der Waals surface area contributed by atoms with Crippen LogP contribution in [0.25, 0.3) is 0 Å². The van der Waals surface area contributed by atoms with Gasteiger partial charge in [0.25, 0.3) is 0 Å².